The number of benzene rings is 2. The van der Waals surface area contributed by atoms with E-state index in [1.807, 2.05) is 30.3 Å². The van der Waals surface area contributed by atoms with E-state index in [4.69, 9.17) is 11.5 Å². The number of nitrogen functional groups attached to an aromatic ring is 2. The minimum Gasteiger partial charge on any atom is -0.399 e. The number of aryl methyl sites for hydroxylation is 1. The Morgan fingerprint density at radius 1 is 0.944 bits per heavy atom. The summed E-state index contributed by atoms with van der Waals surface area (Å²) in [5, 5.41) is 0. The molecule has 0 bridgehead atoms. The van der Waals surface area contributed by atoms with Crippen LogP contribution < -0.4 is 11.5 Å². The van der Waals surface area contributed by atoms with Crippen LogP contribution in [0, 0.1) is 0 Å². The molecular weight excluding hydrogens is 240 g/mol. The van der Waals surface area contributed by atoms with E-state index in [0.29, 0.717) is 0 Å². The summed E-state index contributed by atoms with van der Waals surface area (Å²) in [5.41, 5.74) is 14.5. The molecule has 94 valence electrons. The number of nitrogens with two attached hydrogens (primary N) is 2. The summed E-state index contributed by atoms with van der Waals surface area (Å²) in [6, 6.07) is 14.1. The first kappa shape index (κ1) is 12.8. The Kier molecular flexibility index (Phi) is 4.15. The summed E-state index contributed by atoms with van der Waals surface area (Å²) >= 11 is 1.76. The second-order valence-corrected chi connectivity index (χ2v) is 5.40. The van der Waals surface area contributed by atoms with Crippen LogP contribution in [0.15, 0.2) is 52.3 Å². The van der Waals surface area contributed by atoms with Crippen LogP contribution in [0.2, 0.25) is 0 Å². The Balaban J connectivity index is 2.25. The van der Waals surface area contributed by atoms with E-state index >= 15 is 0 Å². The van der Waals surface area contributed by atoms with Crippen LogP contribution in [-0.4, -0.2) is 0 Å². The summed E-state index contributed by atoms with van der Waals surface area (Å²) in [6.45, 7) is 2.18. The standard InChI is InChI=1S/C15H18N2S/c1-2-3-11-10-13(17)6-9-15(11)18-14-7-4-12(16)5-8-14/h4-10H,2-3,16-17H2,1H3. The third-order valence-corrected chi connectivity index (χ3v) is 3.84. The second-order valence-electron chi connectivity index (χ2n) is 4.29. The highest BCUT2D eigenvalue weighted by atomic mass is 32.2. The minimum absolute atomic E-state index is 0.797. The van der Waals surface area contributed by atoms with Gasteiger partial charge in [0, 0.05) is 21.2 Å². The SMILES string of the molecule is CCCc1cc(N)ccc1Sc1ccc(N)cc1. The minimum atomic E-state index is 0.797. The molecule has 0 aliphatic rings. The second kappa shape index (κ2) is 5.83. The maximum absolute atomic E-state index is 5.85. The van der Waals surface area contributed by atoms with Gasteiger partial charge >= 0.3 is 0 Å². The van der Waals surface area contributed by atoms with E-state index < -0.39 is 0 Å². The maximum Gasteiger partial charge on any atom is 0.0317 e. The Hall–Kier alpha value is -1.61. The predicted octanol–water partition coefficient (Wildman–Crippen LogP) is 3.95. The van der Waals surface area contributed by atoms with Crippen molar-refractivity contribution in [2.75, 3.05) is 11.5 Å². The molecule has 0 saturated heterocycles. The highest BCUT2D eigenvalue weighted by Crippen LogP contribution is 2.32. The fraction of sp³-hybridized carbons (Fsp3) is 0.200. The van der Waals surface area contributed by atoms with Gasteiger partial charge in [-0.2, -0.15) is 0 Å². The van der Waals surface area contributed by atoms with Crippen LogP contribution in [-0.2, 0) is 6.42 Å². The van der Waals surface area contributed by atoms with Crippen LogP contribution in [0.4, 0.5) is 11.4 Å². The normalized spacial score (nSPS) is 10.5. The third-order valence-electron chi connectivity index (χ3n) is 2.71. The van der Waals surface area contributed by atoms with Gasteiger partial charge in [0.05, 0.1) is 0 Å². The molecule has 0 unspecified atom stereocenters. The molecule has 0 amide bonds. The highest BCUT2D eigenvalue weighted by molar-refractivity contribution is 7.99. The molecule has 0 atom stereocenters. The van der Waals surface area contributed by atoms with Crippen molar-refractivity contribution in [1.82, 2.24) is 0 Å². The molecule has 0 aliphatic heterocycles. The lowest BCUT2D eigenvalue weighted by atomic mass is 10.1. The van der Waals surface area contributed by atoms with Crippen molar-refractivity contribution in [1.29, 1.82) is 0 Å². The summed E-state index contributed by atoms with van der Waals surface area (Å²) in [5.74, 6) is 0. The zero-order valence-electron chi connectivity index (χ0n) is 10.5. The van der Waals surface area contributed by atoms with Gasteiger partial charge in [-0.25, -0.2) is 0 Å². The molecule has 0 fully saturated rings. The number of anilines is 2. The van der Waals surface area contributed by atoms with Crippen molar-refractivity contribution in [3.63, 3.8) is 0 Å². The molecule has 4 N–H and O–H groups in total. The first-order chi connectivity index (χ1) is 8.69. The van der Waals surface area contributed by atoms with Crippen LogP contribution in [0.5, 0.6) is 0 Å². The van der Waals surface area contributed by atoms with Gasteiger partial charge in [-0.1, -0.05) is 25.1 Å². The Morgan fingerprint density at radius 2 is 1.61 bits per heavy atom. The average molecular weight is 258 g/mol. The largest absolute Gasteiger partial charge is 0.399 e. The van der Waals surface area contributed by atoms with Crippen molar-refractivity contribution in [2.45, 2.75) is 29.6 Å². The fourth-order valence-corrected chi connectivity index (χ4v) is 2.78. The predicted molar refractivity (Wildman–Crippen MR) is 79.8 cm³/mol. The highest BCUT2D eigenvalue weighted by Gasteiger charge is 2.04. The maximum atomic E-state index is 5.85. The number of hydrogen-bond acceptors (Lipinski definition) is 3. The van der Waals surface area contributed by atoms with Gasteiger partial charge in [0.2, 0.25) is 0 Å². The van der Waals surface area contributed by atoms with Gasteiger partial charge in [0.15, 0.2) is 0 Å². The van der Waals surface area contributed by atoms with E-state index in [9.17, 15) is 0 Å². The average Bonchev–Trinajstić information content (AvgIpc) is 2.36. The van der Waals surface area contributed by atoms with E-state index in [2.05, 4.69) is 19.1 Å². The first-order valence-corrected chi connectivity index (χ1v) is 6.92. The lowest BCUT2D eigenvalue weighted by molar-refractivity contribution is 0.901. The zero-order chi connectivity index (χ0) is 13.0. The van der Waals surface area contributed by atoms with Crippen molar-refractivity contribution in [3.8, 4) is 0 Å². The van der Waals surface area contributed by atoms with Gasteiger partial charge in [0.1, 0.15) is 0 Å². The molecule has 0 radical (unpaired) electrons. The van der Waals surface area contributed by atoms with Crippen LogP contribution in [0.3, 0.4) is 0 Å². The van der Waals surface area contributed by atoms with E-state index in [-0.39, 0.29) is 0 Å². The van der Waals surface area contributed by atoms with Gasteiger partial charge in [-0.15, -0.1) is 0 Å². The molecule has 0 spiro atoms. The molecule has 2 aromatic rings. The fourth-order valence-electron chi connectivity index (χ4n) is 1.83. The lowest BCUT2D eigenvalue weighted by Crippen LogP contribution is -1.92. The van der Waals surface area contributed by atoms with Crippen LogP contribution in [0.1, 0.15) is 18.9 Å². The van der Waals surface area contributed by atoms with Gasteiger partial charge in [-0.3, -0.25) is 0 Å². The summed E-state index contributed by atoms with van der Waals surface area (Å²) in [7, 11) is 0. The van der Waals surface area contributed by atoms with Crippen LogP contribution >= 0.6 is 11.8 Å². The van der Waals surface area contributed by atoms with Crippen molar-refractivity contribution < 1.29 is 0 Å². The molecule has 2 rings (SSSR count). The third kappa shape index (κ3) is 3.20. The van der Waals surface area contributed by atoms with Crippen molar-refractivity contribution in [3.05, 3.63) is 48.0 Å². The molecule has 2 nitrogen and oxygen atoms in total. The summed E-state index contributed by atoms with van der Waals surface area (Å²) < 4.78 is 0. The van der Waals surface area contributed by atoms with E-state index in [1.54, 1.807) is 11.8 Å². The first-order valence-electron chi connectivity index (χ1n) is 6.11. The monoisotopic (exact) mass is 258 g/mol. The van der Waals surface area contributed by atoms with Crippen LogP contribution in [0.25, 0.3) is 0 Å². The zero-order valence-corrected chi connectivity index (χ0v) is 11.3. The molecule has 0 heterocycles. The van der Waals surface area contributed by atoms with Gasteiger partial charge in [-0.05, 0) is 54.4 Å². The Bertz CT molecular complexity index is 521. The molecule has 0 aliphatic carbocycles. The van der Waals surface area contributed by atoms with Gasteiger partial charge in [0.25, 0.3) is 0 Å². The molecular formula is C15H18N2S. The Labute approximate surface area is 112 Å². The van der Waals surface area contributed by atoms with Gasteiger partial charge < -0.3 is 11.5 Å². The topological polar surface area (TPSA) is 52.0 Å². The summed E-state index contributed by atoms with van der Waals surface area (Å²) in [4.78, 5) is 2.47. The number of rotatable bonds is 4. The lowest BCUT2D eigenvalue weighted by Gasteiger charge is -2.09. The summed E-state index contributed by atoms with van der Waals surface area (Å²) in [6.07, 6.45) is 2.18. The molecule has 0 saturated carbocycles. The number of hydrogen-bond donors (Lipinski definition) is 2. The van der Waals surface area contributed by atoms with Crippen molar-refractivity contribution in [2.24, 2.45) is 0 Å². The quantitative estimate of drug-likeness (QED) is 0.816. The Morgan fingerprint density at radius 3 is 2.28 bits per heavy atom. The molecule has 3 heteroatoms. The molecule has 18 heavy (non-hydrogen) atoms. The van der Waals surface area contributed by atoms with Crippen molar-refractivity contribution >= 4 is 23.1 Å². The van der Waals surface area contributed by atoms with E-state index in [1.165, 1.54) is 15.4 Å². The molecule has 2 aromatic carbocycles. The molecule has 0 aromatic heterocycles. The smallest absolute Gasteiger partial charge is 0.0317 e. The van der Waals surface area contributed by atoms with E-state index in [0.717, 1.165) is 24.2 Å².